The second kappa shape index (κ2) is 2.25. The molecule has 0 aliphatic carbocycles. The molecular weight excluding hydrogens is 117 g/mol. The predicted octanol–water partition coefficient (Wildman–Crippen LogP) is 1.44. The van der Waals surface area contributed by atoms with Crippen molar-refractivity contribution in [1.29, 1.82) is 0 Å². The Morgan fingerprint density at radius 3 is 2.22 bits per heavy atom. The van der Waals surface area contributed by atoms with Gasteiger partial charge in [0.05, 0.1) is 0 Å². The Kier molecular flexibility index (Phi) is 1.75. The fourth-order valence-electron chi connectivity index (χ4n) is 1.27. The van der Waals surface area contributed by atoms with Crippen LogP contribution in [0.3, 0.4) is 0 Å². The van der Waals surface area contributed by atoms with Crippen molar-refractivity contribution in [3.8, 4) is 0 Å². The number of likely N-dealkylation sites (tertiary alicyclic amines) is 1. The standard InChI is InChI=1S/C7H14FN/c1-5(2)9-4-7(8)6(9)3/h5-7H,4H2,1-3H3/t6-,7+/m0/s1. The van der Waals surface area contributed by atoms with Gasteiger partial charge < -0.3 is 0 Å². The van der Waals surface area contributed by atoms with Crippen molar-refractivity contribution in [2.45, 2.75) is 39.0 Å². The van der Waals surface area contributed by atoms with E-state index in [1.54, 1.807) is 0 Å². The summed E-state index contributed by atoms with van der Waals surface area (Å²) in [6, 6.07) is 0.664. The van der Waals surface area contributed by atoms with Gasteiger partial charge in [-0.15, -0.1) is 0 Å². The van der Waals surface area contributed by atoms with E-state index in [4.69, 9.17) is 0 Å². The molecule has 1 rings (SSSR count). The Balaban J connectivity index is 2.33. The second-order valence-electron chi connectivity index (χ2n) is 3.05. The van der Waals surface area contributed by atoms with E-state index in [1.165, 1.54) is 0 Å². The summed E-state index contributed by atoms with van der Waals surface area (Å²) >= 11 is 0. The molecule has 1 aliphatic heterocycles. The van der Waals surface area contributed by atoms with Gasteiger partial charge in [-0.1, -0.05) is 0 Å². The summed E-state index contributed by atoms with van der Waals surface area (Å²) in [6.45, 7) is 6.78. The molecule has 2 atom stereocenters. The van der Waals surface area contributed by atoms with E-state index in [9.17, 15) is 4.39 Å². The average Bonchev–Trinajstić information content (AvgIpc) is 1.81. The van der Waals surface area contributed by atoms with E-state index in [0.29, 0.717) is 12.6 Å². The minimum absolute atomic E-state index is 0.157. The molecule has 0 radical (unpaired) electrons. The van der Waals surface area contributed by atoms with Crippen molar-refractivity contribution in [2.75, 3.05) is 6.54 Å². The SMILES string of the molecule is CC(C)N1C[C@@H](F)[C@@H]1C. The summed E-state index contributed by atoms with van der Waals surface area (Å²) in [5.41, 5.74) is 0. The first-order valence-electron chi connectivity index (χ1n) is 3.52. The number of hydrogen-bond donors (Lipinski definition) is 0. The largest absolute Gasteiger partial charge is 0.292 e. The normalized spacial score (nSPS) is 37.0. The fraction of sp³-hybridized carbons (Fsp3) is 1.00. The highest BCUT2D eigenvalue weighted by Crippen LogP contribution is 2.22. The molecule has 54 valence electrons. The van der Waals surface area contributed by atoms with Crippen LogP contribution in [-0.4, -0.2) is 29.7 Å². The Morgan fingerprint density at radius 2 is 2.11 bits per heavy atom. The van der Waals surface area contributed by atoms with Crippen LogP contribution in [0.25, 0.3) is 0 Å². The molecule has 1 aliphatic rings. The minimum atomic E-state index is -0.576. The Bertz CT molecular complexity index is 103. The monoisotopic (exact) mass is 131 g/mol. The van der Waals surface area contributed by atoms with Gasteiger partial charge in [-0.3, -0.25) is 4.90 Å². The van der Waals surface area contributed by atoms with Gasteiger partial charge in [-0.2, -0.15) is 0 Å². The fourth-order valence-corrected chi connectivity index (χ4v) is 1.27. The lowest BCUT2D eigenvalue weighted by Crippen LogP contribution is -2.58. The van der Waals surface area contributed by atoms with Gasteiger partial charge in [0.2, 0.25) is 0 Å². The van der Waals surface area contributed by atoms with E-state index >= 15 is 0 Å². The molecule has 0 amide bonds. The van der Waals surface area contributed by atoms with Crippen LogP contribution in [0.4, 0.5) is 4.39 Å². The number of rotatable bonds is 1. The summed E-state index contributed by atoms with van der Waals surface area (Å²) in [4.78, 5) is 2.16. The minimum Gasteiger partial charge on any atom is -0.292 e. The zero-order valence-electron chi connectivity index (χ0n) is 6.26. The van der Waals surface area contributed by atoms with E-state index < -0.39 is 6.17 Å². The van der Waals surface area contributed by atoms with Crippen LogP contribution in [-0.2, 0) is 0 Å². The molecule has 0 N–H and O–H groups in total. The van der Waals surface area contributed by atoms with E-state index in [1.807, 2.05) is 6.92 Å². The number of halogens is 1. The summed E-state index contributed by atoms with van der Waals surface area (Å²) < 4.78 is 12.5. The van der Waals surface area contributed by atoms with Crippen molar-refractivity contribution in [3.05, 3.63) is 0 Å². The first kappa shape index (κ1) is 7.00. The molecular formula is C7H14FN. The van der Waals surface area contributed by atoms with Gasteiger partial charge in [-0.25, -0.2) is 4.39 Å². The molecule has 0 spiro atoms. The van der Waals surface area contributed by atoms with Crippen molar-refractivity contribution in [1.82, 2.24) is 4.90 Å². The highest BCUT2D eigenvalue weighted by Gasteiger charge is 2.36. The van der Waals surface area contributed by atoms with Crippen molar-refractivity contribution in [2.24, 2.45) is 0 Å². The Hall–Kier alpha value is -0.110. The first-order valence-corrected chi connectivity index (χ1v) is 3.52. The van der Waals surface area contributed by atoms with Gasteiger partial charge in [0.15, 0.2) is 0 Å². The maximum absolute atomic E-state index is 12.5. The highest BCUT2D eigenvalue weighted by atomic mass is 19.1. The third-order valence-corrected chi connectivity index (χ3v) is 2.10. The van der Waals surface area contributed by atoms with Crippen molar-refractivity contribution < 1.29 is 4.39 Å². The van der Waals surface area contributed by atoms with Gasteiger partial charge in [0.25, 0.3) is 0 Å². The maximum Gasteiger partial charge on any atom is 0.128 e. The van der Waals surface area contributed by atoms with Gasteiger partial charge in [0.1, 0.15) is 6.17 Å². The number of alkyl halides is 1. The average molecular weight is 131 g/mol. The molecule has 0 aromatic carbocycles. The van der Waals surface area contributed by atoms with Crippen LogP contribution in [0, 0.1) is 0 Å². The highest BCUT2D eigenvalue weighted by molar-refractivity contribution is 4.90. The number of nitrogens with zero attached hydrogens (tertiary/aromatic N) is 1. The molecule has 1 saturated heterocycles. The summed E-state index contributed by atoms with van der Waals surface area (Å²) in [5, 5.41) is 0. The summed E-state index contributed by atoms with van der Waals surface area (Å²) in [7, 11) is 0. The van der Waals surface area contributed by atoms with Crippen LogP contribution in [0.5, 0.6) is 0 Å². The quantitative estimate of drug-likeness (QED) is 0.520. The van der Waals surface area contributed by atoms with Crippen LogP contribution in [0.2, 0.25) is 0 Å². The van der Waals surface area contributed by atoms with Crippen LogP contribution in [0.1, 0.15) is 20.8 Å². The number of hydrogen-bond acceptors (Lipinski definition) is 1. The molecule has 0 aromatic rings. The van der Waals surface area contributed by atoms with Gasteiger partial charge in [0, 0.05) is 18.6 Å². The first-order chi connectivity index (χ1) is 4.13. The van der Waals surface area contributed by atoms with Crippen molar-refractivity contribution >= 4 is 0 Å². The topological polar surface area (TPSA) is 3.24 Å². The zero-order valence-corrected chi connectivity index (χ0v) is 6.26. The second-order valence-corrected chi connectivity index (χ2v) is 3.05. The van der Waals surface area contributed by atoms with E-state index in [-0.39, 0.29) is 6.04 Å². The zero-order chi connectivity index (χ0) is 7.02. The summed E-state index contributed by atoms with van der Waals surface area (Å²) in [5.74, 6) is 0. The Morgan fingerprint density at radius 1 is 1.56 bits per heavy atom. The third-order valence-electron chi connectivity index (χ3n) is 2.10. The molecule has 1 nitrogen and oxygen atoms in total. The summed E-state index contributed by atoms with van der Waals surface area (Å²) in [6.07, 6.45) is -0.576. The lowest BCUT2D eigenvalue weighted by molar-refractivity contribution is -0.0213. The lowest BCUT2D eigenvalue weighted by Gasteiger charge is -2.44. The molecule has 1 heterocycles. The molecule has 0 aromatic heterocycles. The van der Waals surface area contributed by atoms with E-state index in [0.717, 1.165) is 0 Å². The lowest BCUT2D eigenvalue weighted by atomic mass is 10.0. The molecule has 0 saturated carbocycles. The molecule has 9 heavy (non-hydrogen) atoms. The van der Waals surface area contributed by atoms with Gasteiger partial charge in [-0.05, 0) is 20.8 Å². The van der Waals surface area contributed by atoms with Crippen LogP contribution < -0.4 is 0 Å². The van der Waals surface area contributed by atoms with Crippen LogP contribution in [0.15, 0.2) is 0 Å². The maximum atomic E-state index is 12.5. The Labute approximate surface area is 55.8 Å². The van der Waals surface area contributed by atoms with Crippen LogP contribution >= 0.6 is 0 Å². The molecule has 0 unspecified atom stereocenters. The molecule has 1 fully saturated rings. The molecule has 2 heteroatoms. The smallest absolute Gasteiger partial charge is 0.128 e. The third kappa shape index (κ3) is 1.08. The molecule has 0 bridgehead atoms. The van der Waals surface area contributed by atoms with E-state index in [2.05, 4.69) is 18.7 Å². The van der Waals surface area contributed by atoms with Gasteiger partial charge >= 0.3 is 0 Å². The predicted molar refractivity (Wildman–Crippen MR) is 36.2 cm³/mol. The van der Waals surface area contributed by atoms with Crippen molar-refractivity contribution in [3.63, 3.8) is 0 Å².